The van der Waals surface area contributed by atoms with Crippen LogP contribution in [0.5, 0.6) is 17.2 Å². The van der Waals surface area contributed by atoms with Crippen molar-refractivity contribution < 1.29 is 32.2 Å². The van der Waals surface area contributed by atoms with Gasteiger partial charge in [0.2, 0.25) is 0 Å². The lowest BCUT2D eigenvalue weighted by molar-refractivity contribution is 0.168. The molecule has 3 rings (SSSR count). The highest BCUT2D eigenvalue weighted by molar-refractivity contribution is 7.92. The smallest absolute Gasteiger partial charge is 0.411 e. The van der Waals surface area contributed by atoms with Crippen molar-refractivity contribution in [1.82, 2.24) is 0 Å². The normalized spacial score (nSPS) is 12.8. The summed E-state index contributed by atoms with van der Waals surface area (Å²) in [4.78, 5) is 11.6. The summed E-state index contributed by atoms with van der Waals surface area (Å²) in [5, 5.41) is 2.46. The number of sulfonamides is 1. The van der Waals surface area contributed by atoms with Crippen LogP contribution in [0, 0.1) is 0 Å². The second-order valence-electron chi connectivity index (χ2n) is 5.67. The summed E-state index contributed by atoms with van der Waals surface area (Å²) in [5.41, 5.74) is 0.492. The van der Waals surface area contributed by atoms with Gasteiger partial charge in [-0.3, -0.25) is 10.0 Å². The number of anilines is 2. The van der Waals surface area contributed by atoms with E-state index in [-0.39, 0.29) is 17.2 Å². The van der Waals surface area contributed by atoms with E-state index >= 15 is 0 Å². The van der Waals surface area contributed by atoms with Gasteiger partial charge in [0.1, 0.15) is 19.0 Å². The van der Waals surface area contributed by atoms with Gasteiger partial charge >= 0.3 is 6.09 Å². The van der Waals surface area contributed by atoms with Crippen molar-refractivity contribution in [3.05, 3.63) is 36.4 Å². The Morgan fingerprint density at radius 3 is 2.57 bits per heavy atom. The van der Waals surface area contributed by atoms with E-state index in [1.807, 2.05) is 0 Å². The third kappa shape index (κ3) is 4.39. The summed E-state index contributed by atoms with van der Waals surface area (Å²) in [6.45, 7) is 2.68. The fourth-order valence-electron chi connectivity index (χ4n) is 2.55. The van der Waals surface area contributed by atoms with E-state index in [0.29, 0.717) is 36.1 Å². The maximum Gasteiger partial charge on any atom is 0.411 e. The first-order valence-electron chi connectivity index (χ1n) is 8.47. The zero-order valence-corrected chi connectivity index (χ0v) is 16.2. The van der Waals surface area contributed by atoms with E-state index < -0.39 is 16.1 Å². The summed E-state index contributed by atoms with van der Waals surface area (Å²) in [7, 11) is -2.52. The fourth-order valence-corrected chi connectivity index (χ4v) is 3.63. The molecule has 2 aromatic rings. The van der Waals surface area contributed by atoms with Gasteiger partial charge in [-0.1, -0.05) is 0 Å². The molecule has 0 saturated carbocycles. The summed E-state index contributed by atoms with van der Waals surface area (Å²) < 4.78 is 48.9. The molecule has 0 bridgehead atoms. The second kappa shape index (κ2) is 8.26. The molecule has 0 fully saturated rings. The minimum Gasteiger partial charge on any atom is -0.495 e. The highest BCUT2D eigenvalue weighted by atomic mass is 32.2. The molecule has 0 unspecified atom stereocenters. The molecular formula is C18H20N2O7S. The Labute approximate surface area is 162 Å². The Balaban J connectivity index is 1.85. The quantitative estimate of drug-likeness (QED) is 0.756. The monoisotopic (exact) mass is 408 g/mol. The van der Waals surface area contributed by atoms with Crippen molar-refractivity contribution in [2.45, 2.75) is 11.8 Å². The zero-order valence-electron chi connectivity index (χ0n) is 15.4. The topological polar surface area (TPSA) is 112 Å². The van der Waals surface area contributed by atoms with Crippen LogP contribution in [0.15, 0.2) is 41.3 Å². The van der Waals surface area contributed by atoms with Gasteiger partial charge in [-0.2, -0.15) is 0 Å². The first-order chi connectivity index (χ1) is 13.4. The number of fused-ring (bicyclic) bond motifs is 1. The third-order valence-electron chi connectivity index (χ3n) is 3.79. The molecule has 0 radical (unpaired) electrons. The number of ether oxygens (including phenoxy) is 4. The lowest BCUT2D eigenvalue weighted by atomic mass is 10.3. The van der Waals surface area contributed by atoms with E-state index in [9.17, 15) is 13.2 Å². The van der Waals surface area contributed by atoms with Crippen LogP contribution in [-0.2, 0) is 14.8 Å². The standard InChI is InChI=1S/C18H20N2O7S/c1-3-25-18(21)19-14-11-13(5-7-15(14)24-2)28(22,23)20-12-4-6-16-17(10-12)27-9-8-26-16/h4-7,10-11,20H,3,8-9H2,1-2H3,(H,19,21). The number of hydrogen-bond donors (Lipinski definition) is 2. The minimum absolute atomic E-state index is 0.0602. The van der Waals surface area contributed by atoms with Crippen LogP contribution >= 0.6 is 0 Å². The molecule has 2 N–H and O–H groups in total. The molecular weight excluding hydrogens is 388 g/mol. The second-order valence-corrected chi connectivity index (χ2v) is 7.35. The van der Waals surface area contributed by atoms with Crippen LogP contribution in [0.4, 0.5) is 16.2 Å². The number of nitrogens with one attached hydrogen (secondary N) is 2. The third-order valence-corrected chi connectivity index (χ3v) is 5.17. The average molecular weight is 408 g/mol. The SMILES string of the molecule is CCOC(=O)Nc1cc(S(=O)(=O)Nc2ccc3c(c2)OCCO3)ccc1OC. The molecule has 1 aliphatic rings. The van der Waals surface area contributed by atoms with Crippen molar-refractivity contribution in [3.63, 3.8) is 0 Å². The van der Waals surface area contributed by atoms with Crippen molar-refractivity contribution in [2.75, 3.05) is 37.0 Å². The molecule has 150 valence electrons. The fraction of sp³-hybridized carbons (Fsp3) is 0.278. The molecule has 9 nitrogen and oxygen atoms in total. The highest BCUT2D eigenvalue weighted by Gasteiger charge is 2.20. The number of rotatable bonds is 6. The molecule has 0 aliphatic carbocycles. The maximum absolute atomic E-state index is 12.8. The van der Waals surface area contributed by atoms with Crippen LogP contribution in [0.25, 0.3) is 0 Å². The molecule has 0 atom stereocenters. The van der Waals surface area contributed by atoms with E-state index in [0.717, 1.165) is 0 Å². The Kier molecular flexibility index (Phi) is 5.78. The Morgan fingerprint density at radius 2 is 1.86 bits per heavy atom. The van der Waals surface area contributed by atoms with Crippen LogP contribution in [0.3, 0.4) is 0 Å². The maximum atomic E-state index is 12.8. The minimum atomic E-state index is -3.93. The molecule has 1 heterocycles. The van der Waals surface area contributed by atoms with Gasteiger partial charge in [0, 0.05) is 6.07 Å². The van der Waals surface area contributed by atoms with Crippen molar-refractivity contribution in [1.29, 1.82) is 0 Å². The predicted octanol–water partition coefficient (Wildman–Crippen LogP) is 2.84. The van der Waals surface area contributed by atoms with E-state index in [1.54, 1.807) is 25.1 Å². The van der Waals surface area contributed by atoms with E-state index in [4.69, 9.17) is 18.9 Å². The van der Waals surface area contributed by atoms with Gasteiger partial charge < -0.3 is 18.9 Å². The van der Waals surface area contributed by atoms with E-state index in [2.05, 4.69) is 10.0 Å². The first kappa shape index (κ1) is 19.6. The summed E-state index contributed by atoms with van der Waals surface area (Å²) in [5.74, 6) is 1.32. The molecule has 0 saturated heterocycles. The average Bonchev–Trinajstić information content (AvgIpc) is 2.67. The Bertz CT molecular complexity index is 976. The number of benzene rings is 2. The zero-order chi connectivity index (χ0) is 20.1. The number of methoxy groups -OCH3 is 1. The van der Waals surface area contributed by atoms with Crippen LogP contribution in [-0.4, -0.2) is 41.4 Å². The molecule has 0 spiro atoms. The van der Waals surface area contributed by atoms with Gasteiger partial charge in [-0.05, 0) is 37.3 Å². The highest BCUT2D eigenvalue weighted by Crippen LogP contribution is 2.34. The molecule has 2 aromatic carbocycles. The number of amides is 1. The molecule has 1 aliphatic heterocycles. The molecule has 0 aromatic heterocycles. The molecule has 1 amide bonds. The van der Waals surface area contributed by atoms with Gasteiger partial charge in [-0.15, -0.1) is 0 Å². The summed E-state index contributed by atoms with van der Waals surface area (Å²) in [6.07, 6.45) is -0.713. The largest absolute Gasteiger partial charge is 0.495 e. The number of carbonyl (C=O) groups excluding carboxylic acids is 1. The summed E-state index contributed by atoms with van der Waals surface area (Å²) in [6, 6.07) is 8.86. The Hall–Kier alpha value is -3.14. The Morgan fingerprint density at radius 1 is 1.11 bits per heavy atom. The lowest BCUT2D eigenvalue weighted by Crippen LogP contribution is -2.17. The van der Waals surface area contributed by atoms with Crippen molar-refractivity contribution >= 4 is 27.5 Å². The first-order valence-corrected chi connectivity index (χ1v) is 9.95. The predicted molar refractivity (Wildman–Crippen MR) is 102 cm³/mol. The van der Waals surface area contributed by atoms with Gasteiger partial charge in [0.25, 0.3) is 10.0 Å². The molecule has 28 heavy (non-hydrogen) atoms. The van der Waals surface area contributed by atoms with Gasteiger partial charge in [0.15, 0.2) is 11.5 Å². The number of carbonyl (C=O) groups is 1. The summed E-state index contributed by atoms with van der Waals surface area (Å²) >= 11 is 0. The number of hydrogen-bond acceptors (Lipinski definition) is 7. The lowest BCUT2D eigenvalue weighted by Gasteiger charge is -2.19. The van der Waals surface area contributed by atoms with Crippen LogP contribution in [0.1, 0.15) is 6.92 Å². The van der Waals surface area contributed by atoms with Crippen LogP contribution in [0.2, 0.25) is 0 Å². The van der Waals surface area contributed by atoms with Crippen molar-refractivity contribution in [2.24, 2.45) is 0 Å². The van der Waals surface area contributed by atoms with Gasteiger partial charge in [0.05, 0.1) is 30.0 Å². The van der Waals surface area contributed by atoms with E-state index in [1.165, 1.54) is 25.3 Å². The van der Waals surface area contributed by atoms with Crippen LogP contribution < -0.4 is 24.2 Å². The van der Waals surface area contributed by atoms with Gasteiger partial charge in [-0.25, -0.2) is 13.2 Å². The van der Waals surface area contributed by atoms with Crippen molar-refractivity contribution in [3.8, 4) is 17.2 Å². The molecule has 10 heteroatoms.